The van der Waals surface area contributed by atoms with Gasteiger partial charge in [0.2, 0.25) is 5.43 Å². The fourth-order valence-corrected chi connectivity index (χ4v) is 6.30. The van der Waals surface area contributed by atoms with Crippen LogP contribution in [0.2, 0.25) is 0 Å². The molecule has 2 aromatic carbocycles. The molecular weight excluding hydrogens is 412 g/mol. The molecule has 0 aliphatic carbocycles. The zero-order valence-corrected chi connectivity index (χ0v) is 19.4. The van der Waals surface area contributed by atoms with E-state index in [0.29, 0.717) is 34.9 Å². The Morgan fingerprint density at radius 2 is 1.85 bits per heavy atom. The Morgan fingerprint density at radius 1 is 1.00 bits per heavy atom. The smallest absolute Gasteiger partial charge is 0.200 e. The first-order chi connectivity index (χ1) is 16.2. The average Bonchev–Trinajstić information content (AvgIpc) is 2.85. The lowest BCUT2D eigenvalue weighted by atomic mass is 9.83. The zero-order chi connectivity index (χ0) is 22.4. The van der Waals surface area contributed by atoms with Crippen LogP contribution in [0.1, 0.15) is 43.4 Å². The topological polar surface area (TPSA) is 45.9 Å². The highest BCUT2D eigenvalue weighted by Gasteiger charge is 2.35. The zero-order valence-electron chi connectivity index (χ0n) is 19.4. The number of aryl methyl sites for hydroxylation is 1. The van der Waals surface area contributed by atoms with E-state index >= 15 is 0 Å². The van der Waals surface area contributed by atoms with Gasteiger partial charge < -0.3 is 14.1 Å². The van der Waals surface area contributed by atoms with Crippen molar-refractivity contribution >= 4 is 11.0 Å². The van der Waals surface area contributed by atoms with Crippen LogP contribution in [0, 0.1) is 12.8 Å². The third kappa shape index (κ3) is 3.77. The van der Waals surface area contributed by atoms with Crippen molar-refractivity contribution in [2.45, 2.75) is 51.6 Å². The molecule has 0 radical (unpaired) electrons. The predicted molar refractivity (Wildman–Crippen MR) is 130 cm³/mol. The van der Waals surface area contributed by atoms with Crippen LogP contribution in [-0.2, 0) is 6.54 Å². The van der Waals surface area contributed by atoms with E-state index in [1.54, 1.807) is 0 Å². The molecule has 5 nitrogen and oxygen atoms in total. The first-order valence-electron chi connectivity index (χ1n) is 12.4. The summed E-state index contributed by atoms with van der Waals surface area (Å²) >= 11 is 0. The van der Waals surface area contributed by atoms with E-state index in [9.17, 15) is 4.79 Å². The minimum absolute atomic E-state index is 0.0324. The number of hydrogen-bond donors (Lipinski definition) is 0. The van der Waals surface area contributed by atoms with Gasteiger partial charge in [0.1, 0.15) is 23.8 Å². The molecule has 2 fully saturated rings. The molecule has 3 aromatic rings. The number of ether oxygens (including phenoxy) is 1. The Labute approximate surface area is 194 Å². The van der Waals surface area contributed by atoms with Crippen LogP contribution in [0.4, 0.5) is 0 Å². The van der Waals surface area contributed by atoms with E-state index in [1.807, 2.05) is 49.4 Å². The maximum atomic E-state index is 13.5. The molecule has 1 aromatic heterocycles. The molecule has 0 spiro atoms. The van der Waals surface area contributed by atoms with Gasteiger partial charge in [0.15, 0.2) is 0 Å². The molecule has 33 heavy (non-hydrogen) atoms. The quantitative estimate of drug-likeness (QED) is 0.557. The number of rotatable bonds is 3. The van der Waals surface area contributed by atoms with Crippen LogP contribution in [0.25, 0.3) is 22.1 Å². The Balaban J connectivity index is 1.32. The van der Waals surface area contributed by atoms with E-state index in [2.05, 4.69) is 9.80 Å². The van der Waals surface area contributed by atoms with Gasteiger partial charge in [0.05, 0.1) is 16.5 Å². The van der Waals surface area contributed by atoms with Crippen LogP contribution < -0.4 is 10.2 Å². The number of benzene rings is 2. The molecule has 4 heterocycles. The summed E-state index contributed by atoms with van der Waals surface area (Å²) in [6.07, 6.45) is 6.63. The van der Waals surface area contributed by atoms with Gasteiger partial charge in [-0.2, -0.15) is 0 Å². The summed E-state index contributed by atoms with van der Waals surface area (Å²) in [4.78, 5) is 18.6. The van der Waals surface area contributed by atoms with E-state index in [1.165, 1.54) is 45.2 Å². The molecule has 0 N–H and O–H groups in total. The molecule has 5 heteroatoms. The predicted octanol–water partition coefficient (Wildman–Crippen LogP) is 5.18. The first kappa shape index (κ1) is 20.9. The van der Waals surface area contributed by atoms with Gasteiger partial charge in [-0.05, 0) is 69.3 Å². The SMILES string of the molecule is Cc1oc2c3c(ccc2c(=O)c1-c1ccccc1)OCN(CC1CCCN2CCCCC12)C3. The number of fused-ring (bicyclic) bond motifs is 4. The summed E-state index contributed by atoms with van der Waals surface area (Å²) in [5, 5.41) is 0.639. The van der Waals surface area contributed by atoms with Crippen molar-refractivity contribution in [2.24, 2.45) is 5.92 Å². The van der Waals surface area contributed by atoms with Gasteiger partial charge in [0.25, 0.3) is 0 Å². The normalized spacial score (nSPS) is 23.7. The molecule has 3 aliphatic rings. The maximum Gasteiger partial charge on any atom is 0.200 e. The van der Waals surface area contributed by atoms with Crippen LogP contribution in [-0.4, -0.2) is 42.2 Å². The maximum absolute atomic E-state index is 13.5. The molecule has 2 unspecified atom stereocenters. The summed E-state index contributed by atoms with van der Waals surface area (Å²) in [7, 11) is 0. The molecular formula is C28H32N2O3. The number of hydrogen-bond acceptors (Lipinski definition) is 5. The van der Waals surface area contributed by atoms with E-state index in [-0.39, 0.29) is 5.43 Å². The molecule has 0 amide bonds. The van der Waals surface area contributed by atoms with Gasteiger partial charge in [-0.15, -0.1) is 0 Å². The second kappa shape index (κ2) is 8.62. The summed E-state index contributed by atoms with van der Waals surface area (Å²) in [5.41, 5.74) is 3.27. The lowest BCUT2D eigenvalue weighted by Crippen LogP contribution is -2.51. The standard InChI is InChI=1S/C28H32N2O3/c1-19-26(20-8-3-2-4-9-20)27(31)22-12-13-25-23(28(22)33-19)17-29(18-32-25)16-21-10-7-15-30-14-6-5-11-24(21)30/h2-4,8-9,12-13,21,24H,5-7,10-11,14-18H2,1H3. The van der Waals surface area contributed by atoms with Gasteiger partial charge in [-0.25, -0.2) is 0 Å². The van der Waals surface area contributed by atoms with Gasteiger partial charge in [-0.3, -0.25) is 9.69 Å². The lowest BCUT2D eigenvalue weighted by molar-refractivity contribution is 0.0146. The molecule has 172 valence electrons. The van der Waals surface area contributed by atoms with Crippen molar-refractivity contribution in [1.82, 2.24) is 9.80 Å². The second-order valence-electron chi connectivity index (χ2n) is 9.93. The molecule has 2 atom stereocenters. The van der Waals surface area contributed by atoms with Crippen LogP contribution in [0.15, 0.2) is 51.7 Å². The third-order valence-electron chi connectivity index (χ3n) is 7.86. The Hall–Kier alpha value is -2.63. The molecule has 0 saturated carbocycles. The van der Waals surface area contributed by atoms with Crippen LogP contribution in [0.5, 0.6) is 5.75 Å². The van der Waals surface area contributed by atoms with E-state index in [4.69, 9.17) is 9.15 Å². The van der Waals surface area contributed by atoms with Crippen LogP contribution in [0.3, 0.4) is 0 Å². The second-order valence-corrected chi connectivity index (χ2v) is 9.93. The summed E-state index contributed by atoms with van der Waals surface area (Å²) < 4.78 is 12.5. The third-order valence-corrected chi connectivity index (χ3v) is 7.86. The van der Waals surface area contributed by atoms with E-state index < -0.39 is 0 Å². The average molecular weight is 445 g/mol. The molecule has 6 rings (SSSR count). The highest BCUT2D eigenvalue weighted by molar-refractivity contribution is 5.86. The minimum Gasteiger partial charge on any atom is -0.478 e. The number of piperidine rings is 2. The Morgan fingerprint density at radius 3 is 2.73 bits per heavy atom. The number of nitrogens with zero attached hydrogens (tertiary/aromatic N) is 2. The van der Waals surface area contributed by atoms with Gasteiger partial charge in [0, 0.05) is 19.1 Å². The monoisotopic (exact) mass is 444 g/mol. The highest BCUT2D eigenvalue weighted by Crippen LogP contribution is 2.36. The van der Waals surface area contributed by atoms with Crippen molar-refractivity contribution in [3.05, 3.63) is 64.0 Å². The van der Waals surface area contributed by atoms with Crippen molar-refractivity contribution < 1.29 is 9.15 Å². The summed E-state index contributed by atoms with van der Waals surface area (Å²) in [5.74, 6) is 2.20. The van der Waals surface area contributed by atoms with Crippen LogP contribution >= 0.6 is 0 Å². The van der Waals surface area contributed by atoms with Crippen molar-refractivity contribution in [3.8, 4) is 16.9 Å². The van der Waals surface area contributed by atoms with Gasteiger partial charge in [-0.1, -0.05) is 36.8 Å². The van der Waals surface area contributed by atoms with Crippen molar-refractivity contribution in [1.29, 1.82) is 0 Å². The van der Waals surface area contributed by atoms with Crippen molar-refractivity contribution in [2.75, 3.05) is 26.4 Å². The van der Waals surface area contributed by atoms with Gasteiger partial charge >= 0.3 is 0 Å². The Bertz CT molecular complexity index is 1220. The largest absolute Gasteiger partial charge is 0.478 e. The van der Waals surface area contributed by atoms with E-state index in [0.717, 1.165) is 36.0 Å². The molecule has 2 saturated heterocycles. The first-order valence-corrected chi connectivity index (χ1v) is 12.4. The minimum atomic E-state index is 0.0324. The molecule has 0 bridgehead atoms. The Kier molecular flexibility index (Phi) is 5.47. The fraction of sp³-hybridized carbons (Fsp3) is 0.464. The molecule has 3 aliphatic heterocycles. The summed E-state index contributed by atoms with van der Waals surface area (Å²) in [6, 6.07) is 14.3. The highest BCUT2D eigenvalue weighted by atomic mass is 16.5. The van der Waals surface area contributed by atoms with Crippen molar-refractivity contribution in [3.63, 3.8) is 0 Å². The summed E-state index contributed by atoms with van der Waals surface area (Å²) in [6.45, 7) is 6.83. The lowest BCUT2D eigenvalue weighted by Gasteiger charge is -2.46. The fourth-order valence-electron chi connectivity index (χ4n) is 6.30.